The molecule has 1 N–H and O–H groups in total. The van der Waals surface area contributed by atoms with Crippen LogP contribution in [0.5, 0.6) is 17.2 Å². The topological polar surface area (TPSA) is 77.1 Å². The predicted molar refractivity (Wildman–Crippen MR) is 122 cm³/mol. The Bertz CT molecular complexity index is 926. The highest BCUT2D eigenvalue weighted by molar-refractivity contribution is 6.00. The van der Waals surface area contributed by atoms with Crippen LogP contribution in [0, 0.1) is 0 Å². The van der Waals surface area contributed by atoms with Crippen molar-refractivity contribution in [3.63, 3.8) is 0 Å². The number of para-hydroxylation sites is 1. The number of benzene rings is 2. The summed E-state index contributed by atoms with van der Waals surface area (Å²) in [5.41, 5.74) is 1.28. The van der Waals surface area contributed by atoms with Gasteiger partial charge < -0.3 is 24.4 Å². The Labute approximate surface area is 189 Å². The number of carbonyl (C=O) groups excluding carboxylic acids is 2. The van der Waals surface area contributed by atoms with E-state index in [0.717, 1.165) is 24.2 Å². The van der Waals surface area contributed by atoms with Crippen LogP contribution in [-0.2, 0) is 11.3 Å². The van der Waals surface area contributed by atoms with Crippen LogP contribution < -0.4 is 19.5 Å². The van der Waals surface area contributed by atoms with Gasteiger partial charge in [0.1, 0.15) is 11.8 Å². The summed E-state index contributed by atoms with van der Waals surface area (Å²) >= 11 is 0. The Morgan fingerprint density at radius 1 is 1.09 bits per heavy atom. The van der Waals surface area contributed by atoms with E-state index in [2.05, 4.69) is 5.32 Å². The van der Waals surface area contributed by atoms with Crippen LogP contribution in [0.2, 0.25) is 0 Å². The third kappa shape index (κ3) is 5.52. The van der Waals surface area contributed by atoms with E-state index in [1.165, 1.54) is 14.2 Å². The Balaban J connectivity index is 1.96. The number of carbonyl (C=O) groups is 2. The summed E-state index contributed by atoms with van der Waals surface area (Å²) in [5, 5.41) is 2.94. The first kappa shape index (κ1) is 23.4. The predicted octanol–water partition coefficient (Wildman–Crippen LogP) is 3.80. The molecule has 0 saturated carbocycles. The van der Waals surface area contributed by atoms with Gasteiger partial charge >= 0.3 is 0 Å². The third-order valence-corrected chi connectivity index (χ3v) is 5.42. The number of rotatable bonds is 8. The highest BCUT2D eigenvalue weighted by Crippen LogP contribution is 2.33. The summed E-state index contributed by atoms with van der Waals surface area (Å²) in [4.78, 5) is 28.2. The van der Waals surface area contributed by atoms with E-state index in [1.54, 1.807) is 23.1 Å². The molecule has 2 aromatic carbocycles. The van der Waals surface area contributed by atoms with E-state index in [9.17, 15) is 9.59 Å². The van der Waals surface area contributed by atoms with Gasteiger partial charge in [0, 0.05) is 13.1 Å². The number of hydrogen-bond donors (Lipinski definition) is 1. The first-order valence-electron chi connectivity index (χ1n) is 11.0. The molecule has 0 spiro atoms. The Hall–Kier alpha value is -3.22. The summed E-state index contributed by atoms with van der Waals surface area (Å²) in [7, 11) is 3.04. The molecule has 1 atom stereocenters. The molecule has 7 nitrogen and oxygen atoms in total. The molecule has 3 rings (SSSR count). The van der Waals surface area contributed by atoms with E-state index in [4.69, 9.17) is 14.2 Å². The van der Waals surface area contributed by atoms with Crippen molar-refractivity contribution in [1.29, 1.82) is 0 Å². The number of amides is 2. The van der Waals surface area contributed by atoms with Gasteiger partial charge in [-0.1, -0.05) is 18.2 Å². The second-order valence-electron chi connectivity index (χ2n) is 8.09. The van der Waals surface area contributed by atoms with Crippen LogP contribution in [-0.4, -0.2) is 49.6 Å². The third-order valence-electron chi connectivity index (χ3n) is 5.42. The zero-order chi connectivity index (χ0) is 23.1. The standard InChI is InChI=1S/C25H32N2O5/c1-17(2)32-19-13-11-18(12-14-19)16-27(21-9-5-6-15-26-24(21)28)25(29)20-8-7-10-22(30-3)23(20)31-4/h7-8,10-14,17,21H,5-6,9,15-16H2,1-4H3,(H,26,28)/t21-/m0/s1. The summed E-state index contributed by atoms with van der Waals surface area (Å²) in [6.45, 7) is 4.86. The molecule has 1 saturated heterocycles. The average Bonchev–Trinajstić information content (AvgIpc) is 3.01. The second kappa shape index (κ2) is 10.9. The highest BCUT2D eigenvalue weighted by atomic mass is 16.5. The lowest BCUT2D eigenvalue weighted by Gasteiger charge is -2.31. The second-order valence-corrected chi connectivity index (χ2v) is 8.09. The number of methoxy groups -OCH3 is 2. The molecule has 0 bridgehead atoms. The molecular weight excluding hydrogens is 408 g/mol. The molecule has 1 aliphatic heterocycles. The summed E-state index contributed by atoms with van der Waals surface area (Å²) in [6, 6.07) is 12.3. The summed E-state index contributed by atoms with van der Waals surface area (Å²) in [5.74, 6) is 1.20. The fraction of sp³-hybridized carbons (Fsp3) is 0.440. The molecule has 1 heterocycles. The minimum absolute atomic E-state index is 0.0779. The molecule has 0 unspecified atom stereocenters. The quantitative estimate of drug-likeness (QED) is 0.676. The van der Waals surface area contributed by atoms with E-state index < -0.39 is 6.04 Å². The lowest BCUT2D eigenvalue weighted by atomic mass is 10.0. The molecule has 0 aromatic heterocycles. The Morgan fingerprint density at radius 3 is 2.50 bits per heavy atom. The van der Waals surface area contributed by atoms with Crippen molar-refractivity contribution < 1.29 is 23.8 Å². The maximum atomic E-state index is 13.8. The monoisotopic (exact) mass is 440 g/mol. The van der Waals surface area contributed by atoms with E-state index >= 15 is 0 Å². The fourth-order valence-corrected chi connectivity index (χ4v) is 3.90. The van der Waals surface area contributed by atoms with Crippen LogP contribution in [0.4, 0.5) is 0 Å². The van der Waals surface area contributed by atoms with Gasteiger partial charge in [0.05, 0.1) is 25.9 Å². The minimum atomic E-state index is -0.563. The van der Waals surface area contributed by atoms with Crippen molar-refractivity contribution in [3.05, 3.63) is 53.6 Å². The molecule has 1 fully saturated rings. The lowest BCUT2D eigenvalue weighted by Crippen LogP contribution is -2.48. The minimum Gasteiger partial charge on any atom is -0.493 e. The van der Waals surface area contributed by atoms with Crippen LogP contribution in [0.3, 0.4) is 0 Å². The Kier molecular flexibility index (Phi) is 7.98. The SMILES string of the molecule is COc1cccc(C(=O)N(Cc2ccc(OC(C)C)cc2)[C@H]2CCCCNC2=O)c1OC. The summed E-state index contributed by atoms with van der Waals surface area (Å²) in [6.07, 6.45) is 2.45. The zero-order valence-electron chi connectivity index (χ0n) is 19.2. The van der Waals surface area contributed by atoms with Gasteiger partial charge in [0.25, 0.3) is 5.91 Å². The van der Waals surface area contributed by atoms with Crippen LogP contribution in [0.15, 0.2) is 42.5 Å². The first-order valence-corrected chi connectivity index (χ1v) is 11.0. The van der Waals surface area contributed by atoms with Gasteiger partial charge in [-0.15, -0.1) is 0 Å². The van der Waals surface area contributed by atoms with Crippen LogP contribution >= 0.6 is 0 Å². The molecule has 0 aliphatic carbocycles. The van der Waals surface area contributed by atoms with Crippen molar-refractivity contribution in [2.24, 2.45) is 0 Å². The van der Waals surface area contributed by atoms with Crippen molar-refractivity contribution in [1.82, 2.24) is 10.2 Å². The van der Waals surface area contributed by atoms with Gasteiger partial charge in [0.15, 0.2) is 11.5 Å². The zero-order valence-corrected chi connectivity index (χ0v) is 19.2. The van der Waals surface area contributed by atoms with Crippen molar-refractivity contribution in [3.8, 4) is 17.2 Å². The number of nitrogens with one attached hydrogen (secondary N) is 1. The first-order chi connectivity index (χ1) is 15.4. The normalized spacial score (nSPS) is 16.2. The van der Waals surface area contributed by atoms with Gasteiger partial charge in [-0.05, 0) is 62.9 Å². The van der Waals surface area contributed by atoms with E-state index in [1.807, 2.05) is 38.1 Å². The molecule has 0 radical (unpaired) electrons. The number of hydrogen-bond acceptors (Lipinski definition) is 5. The van der Waals surface area contributed by atoms with E-state index in [0.29, 0.717) is 36.6 Å². The van der Waals surface area contributed by atoms with Gasteiger partial charge in [-0.3, -0.25) is 9.59 Å². The van der Waals surface area contributed by atoms with Crippen molar-refractivity contribution >= 4 is 11.8 Å². The molecule has 172 valence electrons. The fourth-order valence-electron chi connectivity index (χ4n) is 3.90. The van der Waals surface area contributed by atoms with Crippen molar-refractivity contribution in [2.75, 3.05) is 20.8 Å². The van der Waals surface area contributed by atoms with Crippen LogP contribution in [0.1, 0.15) is 49.0 Å². The van der Waals surface area contributed by atoms with Gasteiger partial charge in [-0.2, -0.15) is 0 Å². The maximum absolute atomic E-state index is 13.8. The average molecular weight is 441 g/mol. The smallest absolute Gasteiger partial charge is 0.258 e. The molecule has 32 heavy (non-hydrogen) atoms. The van der Waals surface area contributed by atoms with Crippen molar-refractivity contribution in [2.45, 2.75) is 51.8 Å². The molecule has 2 aromatic rings. The van der Waals surface area contributed by atoms with Gasteiger partial charge in [0.2, 0.25) is 5.91 Å². The molecule has 1 aliphatic rings. The van der Waals surface area contributed by atoms with Gasteiger partial charge in [-0.25, -0.2) is 0 Å². The Morgan fingerprint density at radius 2 is 1.84 bits per heavy atom. The maximum Gasteiger partial charge on any atom is 0.258 e. The highest BCUT2D eigenvalue weighted by Gasteiger charge is 2.33. The molecule has 2 amide bonds. The van der Waals surface area contributed by atoms with E-state index in [-0.39, 0.29) is 17.9 Å². The lowest BCUT2D eigenvalue weighted by molar-refractivity contribution is -0.125. The largest absolute Gasteiger partial charge is 0.493 e. The molecular formula is C25H32N2O5. The molecule has 7 heteroatoms. The van der Waals surface area contributed by atoms with Crippen LogP contribution in [0.25, 0.3) is 0 Å². The summed E-state index contributed by atoms with van der Waals surface area (Å²) < 4.78 is 16.6. The number of ether oxygens (including phenoxy) is 3. The number of nitrogens with zero attached hydrogens (tertiary/aromatic N) is 1.